The van der Waals surface area contributed by atoms with E-state index in [9.17, 15) is 5.11 Å². The van der Waals surface area contributed by atoms with Crippen LogP contribution in [-0.2, 0) is 6.42 Å². The van der Waals surface area contributed by atoms with E-state index >= 15 is 0 Å². The van der Waals surface area contributed by atoms with Gasteiger partial charge in [-0.15, -0.1) is 0 Å². The second-order valence-corrected chi connectivity index (χ2v) is 4.40. The van der Waals surface area contributed by atoms with E-state index in [1.165, 1.54) is 5.56 Å². The molecule has 0 heterocycles. The molecule has 1 aromatic carbocycles. The van der Waals surface area contributed by atoms with Crippen molar-refractivity contribution in [2.24, 2.45) is 0 Å². The van der Waals surface area contributed by atoms with Gasteiger partial charge < -0.3 is 9.84 Å². The van der Waals surface area contributed by atoms with E-state index in [4.69, 9.17) is 4.74 Å². The third kappa shape index (κ3) is 2.15. The summed E-state index contributed by atoms with van der Waals surface area (Å²) in [4.78, 5) is 0. The van der Waals surface area contributed by atoms with Gasteiger partial charge in [0.15, 0.2) is 0 Å². The van der Waals surface area contributed by atoms with Gasteiger partial charge >= 0.3 is 0 Å². The van der Waals surface area contributed by atoms with E-state index in [0.29, 0.717) is 0 Å². The minimum atomic E-state index is -0.301. The molecule has 0 saturated heterocycles. The van der Waals surface area contributed by atoms with Gasteiger partial charge in [-0.2, -0.15) is 0 Å². The summed E-state index contributed by atoms with van der Waals surface area (Å²) in [7, 11) is 0. The fourth-order valence-corrected chi connectivity index (χ4v) is 2.15. The molecule has 0 aliphatic heterocycles. The summed E-state index contributed by atoms with van der Waals surface area (Å²) in [6.45, 7) is 4.05. The monoisotopic (exact) mass is 206 g/mol. The average Bonchev–Trinajstić information content (AvgIpc) is 2.19. The molecule has 2 nitrogen and oxygen atoms in total. The molecule has 82 valence electrons. The number of fused-ring (bicyclic) bond motifs is 1. The summed E-state index contributed by atoms with van der Waals surface area (Å²) >= 11 is 0. The maximum atomic E-state index is 9.86. The standard InChI is InChI=1S/C13H18O2/c1-9(2)15-13-8-4-5-10-11(13)6-3-7-12(10)14/h4-5,8-9,12,14H,3,6-7H2,1-2H3. The van der Waals surface area contributed by atoms with Crippen molar-refractivity contribution >= 4 is 0 Å². The van der Waals surface area contributed by atoms with E-state index < -0.39 is 0 Å². The van der Waals surface area contributed by atoms with Crippen molar-refractivity contribution < 1.29 is 9.84 Å². The van der Waals surface area contributed by atoms with Crippen LogP contribution in [0, 0.1) is 0 Å². The summed E-state index contributed by atoms with van der Waals surface area (Å²) in [6, 6.07) is 5.97. The number of rotatable bonds is 2. The summed E-state index contributed by atoms with van der Waals surface area (Å²) in [5.74, 6) is 0.946. The molecule has 1 aliphatic carbocycles. The van der Waals surface area contributed by atoms with Crippen LogP contribution in [0.4, 0.5) is 0 Å². The van der Waals surface area contributed by atoms with Crippen LogP contribution in [0.2, 0.25) is 0 Å². The third-order valence-corrected chi connectivity index (χ3v) is 2.80. The molecule has 0 aromatic heterocycles. The number of benzene rings is 1. The zero-order valence-electron chi connectivity index (χ0n) is 9.36. The molecule has 1 aromatic rings. The molecule has 0 saturated carbocycles. The molecule has 1 unspecified atom stereocenters. The molecule has 1 atom stereocenters. The normalized spacial score (nSPS) is 20.1. The number of hydrogen-bond acceptors (Lipinski definition) is 2. The Morgan fingerprint density at radius 2 is 2.20 bits per heavy atom. The van der Waals surface area contributed by atoms with E-state index in [1.807, 2.05) is 32.0 Å². The van der Waals surface area contributed by atoms with Gasteiger partial charge in [0, 0.05) is 0 Å². The fourth-order valence-electron chi connectivity index (χ4n) is 2.15. The summed E-state index contributed by atoms with van der Waals surface area (Å²) in [5.41, 5.74) is 2.25. The van der Waals surface area contributed by atoms with Crippen LogP contribution in [0.5, 0.6) is 5.75 Å². The first-order valence-electron chi connectivity index (χ1n) is 5.65. The molecule has 0 bridgehead atoms. The van der Waals surface area contributed by atoms with Crippen LogP contribution in [0.1, 0.15) is 43.9 Å². The van der Waals surface area contributed by atoms with Gasteiger partial charge in [0.05, 0.1) is 12.2 Å². The first-order chi connectivity index (χ1) is 7.18. The van der Waals surface area contributed by atoms with Crippen LogP contribution in [0.25, 0.3) is 0 Å². The average molecular weight is 206 g/mol. The molecule has 0 fully saturated rings. The van der Waals surface area contributed by atoms with Gasteiger partial charge in [0.2, 0.25) is 0 Å². The number of aliphatic hydroxyl groups excluding tert-OH is 1. The Balaban J connectivity index is 2.35. The summed E-state index contributed by atoms with van der Waals surface area (Å²) < 4.78 is 5.75. The molecule has 1 N–H and O–H groups in total. The molecular formula is C13H18O2. The van der Waals surface area contributed by atoms with E-state index in [0.717, 1.165) is 30.6 Å². The lowest BCUT2D eigenvalue weighted by Crippen LogP contribution is -2.13. The lowest BCUT2D eigenvalue weighted by Gasteiger charge is -2.24. The Kier molecular flexibility index (Phi) is 2.96. The SMILES string of the molecule is CC(C)Oc1cccc2c1CCCC2O. The van der Waals surface area contributed by atoms with Crippen LogP contribution < -0.4 is 4.74 Å². The quantitative estimate of drug-likeness (QED) is 0.806. The van der Waals surface area contributed by atoms with Gasteiger partial charge in [-0.3, -0.25) is 0 Å². The zero-order chi connectivity index (χ0) is 10.8. The largest absolute Gasteiger partial charge is 0.491 e. The molecule has 2 heteroatoms. The highest BCUT2D eigenvalue weighted by molar-refractivity contribution is 5.42. The maximum Gasteiger partial charge on any atom is 0.123 e. The molecule has 2 rings (SSSR count). The first kappa shape index (κ1) is 10.5. The topological polar surface area (TPSA) is 29.5 Å². The Morgan fingerprint density at radius 3 is 2.93 bits per heavy atom. The van der Waals surface area contributed by atoms with Crippen molar-refractivity contribution in [3.63, 3.8) is 0 Å². The zero-order valence-corrected chi connectivity index (χ0v) is 9.36. The fraction of sp³-hybridized carbons (Fsp3) is 0.538. The minimum absolute atomic E-state index is 0.190. The smallest absolute Gasteiger partial charge is 0.123 e. The lowest BCUT2D eigenvalue weighted by molar-refractivity contribution is 0.154. The molecule has 1 aliphatic rings. The minimum Gasteiger partial charge on any atom is -0.491 e. The summed E-state index contributed by atoms with van der Waals surface area (Å²) in [5, 5.41) is 9.86. The number of aliphatic hydroxyl groups is 1. The van der Waals surface area contributed by atoms with Crippen molar-refractivity contribution in [1.82, 2.24) is 0 Å². The Bertz CT molecular complexity index is 344. The number of ether oxygens (including phenoxy) is 1. The molecule has 0 radical (unpaired) electrons. The molecule has 0 spiro atoms. The third-order valence-electron chi connectivity index (χ3n) is 2.80. The van der Waals surface area contributed by atoms with Gasteiger partial charge in [0.25, 0.3) is 0 Å². The lowest BCUT2D eigenvalue weighted by atomic mass is 9.89. The first-order valence-corrected chi connectivity index (χ1v) is 5.65. The molecule has 0 amide bonds. The van der Waals surface area contributed by atoms with E-state index in [-0.39, 0.29) is 12.2 Å². The van der Waals surface area contributed by atoms with Crippen molar-refractivity contribution in [2.75, 3.05) is 0 Å². The van der Waals surface area contributed by atoms with Crippen LogP contribution in [0.15, 0.2) is 18.2 Å². The summed E-state index contributed by atoms with van der Waals surface area (Å²) in [6.07, 6.45) is 2.83. The van der Waals surface area contributed by atoms with Gasteiger partial charge in [-0.25, -0.2) is 0 Å². The second-order valence-electron chi connectivity index (χ2n) is 4.40. The van der Waals surface area contributed by atoms with Crippen molar-refractivity contribution in [2.45, 2.75) is 45.3 Å². The Hall–Kier alpha value is -1.02. The van der Waals surface area contributed by atoms with Gasteiger partial charge in [0.1, 0.15) is 5.75 Å². The van der Waals surface area contributed by atoms with Crippen LogP contribution >= 0.6 is 0 Å². The predicted octanol–water partition coefficient (Wildman–Crippen LogP) is 2.84. The highest BCUT2D eigenvalue weighted by atomic mass is 16.5. The van der Waals surface area contributed by atoms with Crippen molar-refractivity contribution in [3.8, 4) is 5.75 Å². The maximum absolute atomic E-state index is 9.86. The molecular weight excluding hydrogens is 188 g/mol. The highest BCUT2D eigenvalue weighted by Crippen LogP contribution is 2.35. The number of hydrogen-bond donors (Lipinski definition) is 1. The van der Waals surface area contributed by atoms with E-state index in [2.05, 4.69) is 0 Å². The molecule has 15 heavy (non-hydrogen) atoms. The van der Waals surface area contributed by atoms with Gasteiger partial charge in [-0.05, 0) is 50.3 Å². The Morgan fingerprint density at radius 1 is 1.40 bits per heavy atom. The van der Waals surface area contributed by atoms with Gasteiger partial charge in [-0.1, -0.05) is 12.1 Å². The van der Waals surface area contributed by atoms with Crippen LogP contribution in [-0.4, -0.2) is 11.2 Å². The Labute approximate surface area is 90.9 Å². The van der Waals surface area contributed by atoms with Crippen molar-refractivity contribution in [3.05, 3.63) is 29.3 Å². The van der Waals surface area contributed by atoms with Crippen LogP contribution in [0.3, 0.4) is 0 Å². The highest BCUT2D eigenvalue weighted by Gasteiger charge is 2.20. The van der Waals surface area contributed by atoms with E-state index in [1.54, 1.807) is 0 Å². The van der Waals surface area contributed by atoms with Crippen molar-refractivity contribution in [1.29, 1.82) is 0 Å². The predicted molar refractivity (Wildman–Crippen MR) is 60.1 cm³/mol. The second kappa shape index (κ2) is 4.23.